The Kier molecular flexibility index (Phi) is 6.32. The van der Waals surface area contributed by atoms with Crippen molar-refractivity contribution in [2.45, 2.75) is 12.8 Å². The predicted octanol–water partition coefficient (Wildman–Crippen LogP) is 3.74. The Labute approximate surface area is 139 Å². The summed E-state index contributed by atoms with van der Waals surface area (Å²) < 4.78 is 25.7. The molecule has 0 aliphatic heterocycles. The van der Waals surface area contributed by atoms with E-state index in [4.69, 9.17) is 0 Å². The number of Topliss-reactive ketones (excluding diaryl/α,β-unsaturated/α-hetero) is 2. The minimum Gasteiger partial charge on any atom is -0.305 e. The van der Waals surface area contributed by atoms with E-state index in [1.165, 1.54) is 48.5 Å². The fourth-order valence-corrected chi connectivity index (χ4v) is 2.26. The molecule has 2 aromatic carbocycles. The molecule has 0 aromatic heterocycles. The number of carbonyl (C=O) groups is 2. The molecule has 0 N–H and O–H groups in total. The quantitative estimate of drug-likeness (QED) is 0.692. The summed E-state index contributed by atoms with van der Waals surface area (Å²) in [7, 11) is 1.83. The fourth-order valence-electron chi connectivity index (χ4n) is 2.26. The number of hydrogen-bond donors (Lipinski definition) is 0. The minimum absolute atomic E-state index is 0.0632. The van der Waals surface area contributed by atoms with Crippen LogP contribution in [-0.4, -0.2) is 36.6 Å². The van der Waals surface area contributed by atoms with Crippen LogP contribution in [0, 0.1) is 11.6 Å². The molecule has 5 heteroatoms. The average molecular weight is 331 g/mol. The highest BCUT2D eigenvalue weighted by Gasteiger charge is 2.10. The molecule has 2 aromatic rings. The van der Waals surface area contributed by atoms with Crippen LogP contribution in [0.5, 0.6) is 0 Å². The van der Waals surface area contributed by atoms with Gasteiger partial charge in [0.1, 0.15) is 11.6 Å². The lowest BCUT2D eigenvalue weighted by molar-refractivity contribution is 0.0956. The second kappa shape index (κ2) is 8.45. The molecule has 126 valence electrons. The van der Waals surface area contributed by atoms with Crippen LogP contribution >= 0.6 is 0 Å². The maximum absolute atomic E-state index is 12.8. The zero-order chi connectivity index (χ0) is 17.5. The molecule has 0 aliphatic rings. The van der Waals surface area contributed by atoms with Crippen molar-refractivity contribution >= 4 is 11.6 Å². The molecule has 0 aliphatic carbocycles. The number of halogens is 2. The van der Waals surface area contributed by atoms with E-state index in [1.54, 1.807) is 0 Å². The molecule has 0 saturated heterocycles. The van der Waals surface area contributed by atoms with Crippen LogP contribution in [-0.2, 0) is 0 Å². The van der Waals surface area contributed by atoms with Crippen molar-refractivity contribution in [2.75, 3.05) is 20.1 Å². The number of nitrogens with zero attached hydrogens (tertiary/aromatic N) is 1. The van der Waals surface area contributed by atoms with Crippen molar-refractivity contribution in [1.29, 1.82) is 0 Å². The predicted molar refractivity (Wildman–Crippen MR) is 88.2 cm³/mol. The van der Waals surface area contributed by atoms with E-state index in [2.05, 4.69) is 0 Å². The number of carbonyl (C=O) groups excluding carboxylic acids is 2. The van der Waals surface area contributed by atoms with Gasteiger partial charge < -0.3 is 4.90 Å². The molecule has 0 bridgehead atoms. The molecule has 3 nitrogen and oxygen atoms in total. The van der Waals surface area contributed by atoms with Gasteiger partial charge in [0.15, 0.2) is 11.6 Å². The van der Waals surface area contributed by atoms with E-state index in [-0.39, 0.29) is 23.2 Å². The van der Waals surface area contributed by atoms with Crippen molar-refractivity contribution in [1.82, 2.24) is 4.90 Å². The van der Waals surface area contributed by atoms with Gasteiger partial charge in [-0.1, -0.05) is 0 Å². The van der Waals surface area contributed by atoms with Gasteiger partial charge in [-0.15, -0.1) is 0 Å². The number of ketones is 2. The molecule has 0 fully saturated rings. The van der Waals surface area contributed by atoms with Gasteiger partial charge in [-0.25, -0.2) is 8.78 Å². The lowest BCUT2D eigenvalue weighted by atomic mass is 10.1. The first-order valence-corrected chi connectivity index (χ1v) is 7.72. The lowest BCUT2D eigenvalue weighted by Crippen LogP contribution is -2.24. The van der Waals surface area contributed by atoms with Crippen LogP contribution in [0.4, 0.5) is 8.78 Å². The minimum atomic E-state index is -0.372. The van der Waals surface area contributed by atoms with E-state index in [0.29, 0.717) is 37.1 Å². The van der Waals surface area contributed by atoms with Crippen molar-refractivity contribution < 1.29 is 18.4 Å². The largest absolute Gasteiger partial charge is 0.305 e. The summed E-state index contributed by atoms with van der Waals surface area (Å²) in [6, 6.07) is 10.9. The summed E-state index contributed by atoms with van der Waals surface area (Å²) in [6.45, 7) is 1.01. The Hall–Kier alpha value is -2.40. The molecule has 0 amide bonds. The van der Waals surface area contributed by atoms with E-state index in [0.717, 1.165) is 0 Å². The van der Waals surface area contributed by atoms with Crippen LogP contribution in [0.2, 0.25) is 0 Å². The molecule has 0 atom stereocenters. The third-order valence-corrected chi connectivity index (χ3v) is 3.77. The summed E-state index contributed by atoms with van der Waals surface area (Å²) >= 11 is 0. The molecule has 2 rings (SSSR count). The number of benzene rings is 2. The third kappa shape index (κ3) is 5.35. The standard InChI is InChI=1S/C19H19F2NO2/c1-22(12-10-18(23)14-2-6-16(20)7-3-14)13-11-19(24)15-4-8-17(21)9-5-15/h2-9H,10-13H2,1H3. The Morgan fingerprint density at radius 3 is 1.42 bits per heavy atom. The van der Waals surface area contributed by atoms with E-state index in [9.17, 15) is 18.4 Å². The third-order valence-electron chi connectivity index (χ3n) is 3.77. The molecule has 0 saturated carbocycles. The maximum Gasteiger partial charge on any atom is 0.164 e. The SMILES string of the molecule is CN(CCC(=O)c1ccc(F)cc1)CCC(=O)c1ccc(F)cc1. The summed E-state index contributed by atoms with van der Waals surface area (Å²) in [5.41, 5.74) is 0.958. The Bertz CT molecular complexity index is 635. The Balaban J connectivity index is 1.75. The monoisotopic (exact) mass is 331 g/mol. The fraction of sp³-hybridized carbons (Fsp3) is 0.263. The van der Waals surface area contributed by atoms with Crippen LogP contribution in [0.3, 0.4) is 0 Å². The normalized spacial score (nSPS) is 10.8. The van der Waals surface area contributed by atoms with E-state index < -0.39 is 0 Å². The summed E-state index contributed by atoms with van der Waals surface area (Å²) in [5.74, 6) is -0.871. The number of hydrogen-bond acceptors (Lipinski definition) is 3. The van der Waals surface area contributed by atoms with Crippen LogP contribution in [0.15, 0.2) is 48.5 Å². The van der Waals surface area contributed by atoms with Crippen LogP contribution < -0.4 is 0 Å². The highest BCUT2D eigenvalue weighted by atomic mass is 19.1. The molecule has 0 spiro atoms. The molecule has 0 unspecified atom stereocenters. The molecule has 0 heterocycles. The molecular formula is C19H19F2NO2. The second-order valence-electron chi connectivity index (χ2n) is 5.66. The number of rotatable bonds is 8. The molecular weight excluding hydrogens is 312 g/mol. The van der Waals surface area contributed by atoms with E-state index >= 15 is 0 Å². The van der Waals surface area contributed by atoms with Gasteiger partial charge in [0.25, 0.3) is 0 Å². The first-order valence-electron chi connectivity index (χ1n) is 7.72. The lowest BCUT2D eigenvalue weighted by Gasteiger charge is -2.15. The van der Waals surface area contributed by atoms with Crippen LogP contribution in [0.25, 0.3) is 0 Å². The zero-order valence-corrected chi connectivity index (χ0v) is 13.5. The van der Waals surface area contributed by atoms with Gasteiger partial charge in [0, 0.05) is 37.1 Å². The first-order chi connectivity index (χ1) is 11.5. The van der Waals surface area contributed by atoms with Gasteiger partial charge in [-0.3, -0.25) is 9.59 Å². The first kappa shape index (κ1) is 17.9. The molecule has 0 radical (unpaired) electrons. The summed E-state index contributed by atoms with van der Waals surface area (Å²) in [4.78, 5) is 25.9. The van der Waals surface area contributed by atoms with Gasteiger partial charge in [-0.05, 0) is 55.6 Å². The van der Waals surface area contributed by atoms with Crippen LogP contribution in [0.1, 0.15) is 33.6 Å². The maximum atomic E-state index is 12.8. The van der Waals surface area contributed by atoms with Gasteiger partial charge in [-0.2, -0.15) is 0 Å². The summed E-state index contributed by atoms with van der Waals surface area (Å²) in [6.07, 6.45) is 0.597. The zero-order valence-electron chi connectivity index (χ0n) is 13.5. The van der Waals surface area contributed by atoms with Crippen molar-refractivity contribution in [2.24, 2.45) is 0 Å². The van der Waals surface area contributed by atoms with E-state index in [1.807, 2.05) is 11.9 Å². The highest BCUT2D eigenvalue weighted by Crippen LogP contribution is 2.08. The topological polar surface area (TPSA) is 37.4 Å². The summed E-state index contributed by atoms with van der Waals surface area (Å²) in [5, 5.41) is 0. The Morgan fingerprint density at radius 2 is 1.08 bits per heavy atom. The smallest absolute Gasteiger partial charge is 0.164 e. The van der Waals surface area contributed by atoms with Crippen molar-refractivity contribution in [3.8, 4) is 0 Å². The Morgan fingerprint density at radius 1 is 0.750 bits per heavy atom. The van der Waals surface area contributed by atoms with Gasteiger partial charge in [0.2, 0.25) is 0 Å². The highest BCUT2D eigenvalue weighted by molar-refractivity contribution is 5.96. The second-order valence-corrected chi connectivity index (χ2v) is 5.66. The van der Waals surface area contributed by atoms with Gasteiger partial charge in [0.05, 0.1) is 0 Å². The van der Waals surface area contributed by atoms with Crippen molar-refractivity contribution in [3.05, 3.63) is 71.3 Å². The van der Waals surface area contributed by atoms with Gasteiger partial charge >= 0.3 is 0 Å². The average Bonchev–Trinajstić information content (AvgIpc) is 2.58. The molecule has 24 heavy (non-hydrogen) atoms. The van der Waals surface area contributed by atoms with Crippen molar-refractivity contribution in [3.63, 3.8) is 0 Å².